The van der Waals surface area contributed by atoms with Crippen molar-refractivity contribution in [2.24, 2.45) is 11.7 Å². The van der Waals surface area contributed by atoms with Crippen LogP contribution in [0.3, 0.4) is 0 Å². The molecular formula is C10H18N2. The molecule has 0 saturated carbocycles. The molecule has 1 aliphatic rings. The second kappa shape index (κ2) is 5.18. The molecule has 0 aliphatic carbocycles. The van der Waals surface area contributed by atoms with Crippen LogP contribution < -0.4 is 5.73 Å². The number of terminal acetylenes is 1. The minimum atomic E-state index is 0.732. The minimum Gasteiger partial charge on any atom is -0.330 e. The molecule has 0 aromatic carbocycles. The summed E-state index contributed by atoms with van der Waals surface area (Å²) in [7, 11) is 0. The van der Waals surface area contributed by atoms with Crippen LogP contribution in [-0.2, 0) is 0 Å². The maximum Gasteiger partial charge on any atom is 0.00982 e. The highest BCUT2D eigenvalue weighted by Crippen LogP contribution is 2.14. The second-order valence-corrected chi connectivity index (χ2v) is 3.50. The summed E-state index contributed by atoms with van der Waals surface area (Å²) in [6, 6.07) is 0. The normalized spacial score (nSPS) is 24.2. The zero-order chi connectivity index (χ0) is 8.81. The van der Waals surface area contributed by atoms with Crippen LogP contribution in [0, 0.1) is 18.3 Å². The molecule has 12 heavy (non-hydrogen) atoms. The second-order valence-electron chi connectivity index (χ2n) is 3.50. The molecule has 68 valence electrons. The van der Waals surface area contributed by atoms with Crippen molar-refractivity contribution in [2.75, 3.05) is 26.2 Å². The number of hydrogen-bond donors (Lipinski definition) is 1. The average molecular weight is 166 g/mol. The number of rotatable bonds is 4. The fourth-order valence-electron chi connectivity index (χ4n) is 1.71. The van der Waals surface area contributed by atoms with Gasteiger partial charge < -0.3 is 10.6 Å². The maximum atomic E-state index is 5.59. The molecule has 1 atom stereocenters. The average Bonchev–Trinajstić information content (AvgIpc) is 2.53. The largest absolute Gasteiger partial charge is 0.330 e. The lowest BCUT2D eigenvalue weighted by Crippen LogP contribution is -2.24. The van der Waals surface area contributed by atoms with Gasteiger partial charge in [-0.3, -0.25) is 0 Å². The van der Waals surface area contributed by atoms with E-state index in [0.29, 0.717) is 0 Å². The zero-order valence-corrected chi connectivity index (χ0v) is 7.63. The summed E-state index contributed by atoms with van der Waals surface area (Å²) in [6.45, 7) is 4.39. The van der Waals surface area contributed by atoms with Crippen LogP contribution in [0.5, 0.6) is 0 Å². The predicted molar refractivity (Wildman–Crippen MR) is 51.7 cm³/mol. The third-order valence-electron chi connectivity index (χ3n) is 2.50. The number of nitrogens with two attached hydrogens (primary N) is 1. The van der Waals surface area contributed by atoms with E-state index >= 15 is 0 Å². The van der Waals surface area contributed by atoms with E-state index in [1.807, 2.05) is 0 Å². The summed E-state index contributed by atoms with van der Waals surface area (Å²) in [5.74, 6) is 3.40. The standard InChI is InChI=1S/C10H18N2/c1-2-3-4-6-12-7-5-10(8-11)9-12/h1,10H,3-9,11H2. The van der Waals surface area contributed by atoms with Crippen LogP contribution in [0.15, 0.2) is 0 Å². The SMILES string of the molecule is C#CCCCN1CCC(CN)C1. The van der Waals surface area contributed by atoms with Crippen molar-refractivity contribution in [1.29, 1.82) is 0 Å². The van der Waals surface area contributed by atoms with E-state index < -0.39 is 0 Å². The predicted octanol–water partition coefficient (Wildman–Crippen LogP) is 0.680. The van der Waals surface area contributed by atoms with Gasteiger partial charge in [0.05, 0.1) is 0 Å². The number of nitrogens with zero attached hydrogens (tertiary/aromatic N) is 1. The molecule has 0 aromatic rings. The molecule has 1 fully saturated rings. The van der Waals surface area contributed by atoms with Crippen molar-refractivity contribution in [3.8, 4) is 12.3 Å². The Hall–Kier alpha value is -0.520. The number of likely N-dealkylation sites (tertiary alicyclic amines) is 1. The molecule has 0 bridgehead atoms. The maximum absolute atomic E-state index is 5.59. The first-order valence-corrected chi connectivity index (χ1v) is 4.72. The van der Waals surface area contributed by atoms with Crippen LogP contribution in [0.25, 0.3) is 0 Å². The highest BCUT2D eigenvalue weighted by atomic mass is 15.1. The number of hydrogen-bond acceptors (Lipinski definition) is 2. The molecule has 2 heteroatoms. The monoisotopic (exact) mass is 166 g/mol. The van der Waals surface area contributed by atoms with Crippen LogP contribution >= 0.6 is 0 Å². The van der Waals surface area contributed by atoms with Crippen molar-refractivity contribution in [1.82, 2.24) is 4.90 Å². The Labute approximate surface area is 75.1 Å². The summed E-state index contributed by atoms with van der Waals surface area (Å²) < 4.78 is 0. The minimum absolute atomic E-state index is 0.732. The molecular weight excluding hydrogens is 148 g/mol. The molecule has 1 unspecified atom stereocenters. The molecule has 0 aromatic heterocycles. The fraction of sp³-hybridized carbons (Fsp3) is 0.800. The first-order valence-electron chi connectivity index (χ1n) is 4.72. The van der Waals surface area contributed by atoms with Gasteiger partial charge in [0.2, 0.25) is 0 Å². The fourth-order valence-corrected chi connectivity index (χ4v) is 1.71. The first-order chi connectivity index (χ1) is 5.86. The Morgan fingerprint density at radius 1 is 1.58 bits per heavy atom. The highest BCUT2D eigenvalue weighted by molar-refractivity contribution is 4.84. The lowest BCUT2D eigenvalue weighted by Gasteiger charge is -2.14. The lowest BCUT2D eigenvalue weighted by atomic mass is 10.1. The van der Waals surface area contributed by atoms with Crippen LogP contribution in [0.2, 0.25) is 0 Å². The molecule has 2 nitrogen and oxygen atoms in total. The topological polar surface area (TPSA) is 29.3 Å². The van der Waals surface area contributed by atoms with E-state index in [1.165, 1.54) is 19.5 Å². The Morgan fingerprint density at radius 3 is 3.00 bits per heavy atom. The van der Waals surface area contributed by atoms with Crippen molar-refractivity contribution >= 4 is 0 Å². The summed E-state index contributed by atoms with van der Waals surface area (Å²) in [6.07, 6.45) is 8.49. The van der Waals surface area contributed by atoms with Crippen molar-refractivity contribution in [2.45, 2.75) is 19.3 Å². The Kier molecular flexibility index (Phi) is 4.13. The quantitative estimate of drug-likeness (QED) is 0.491. The van der Waals surface area contributed by atoms with Crippen molar-refractivity contribution < 1.29 is 0 Å². The van der Waals surface area contributed by atoms with Gasteiger partial charge in [-0.15, -0.1) is 12.3 Å². The van der Waals surface area contributed by atoms with Crippen LogP contribution in [-0.4, -0.2) is 31.1 Å². The van der Waals surface area contributed by atoms with Gasteiger partial charge in [0.25, 0.3) is 0 Å². The van der Waals surface area contributed by atoms with E-state index in [0.717, 1.165) is 31.8 Å². The van der Waals surface area contributed by atoms with Crippen LogP contribution in [0.4, 0.5) is 0 Å². The van der Waals surface area contributed by atoms with Crippen LogP contribution in [0.1, 0.15) is 19.3 Å². The molecule has 1 saturated heterocycles. The van der Waals surface area contributed by atoms with Gasteiger partial charge in [0, 0.05) is 13.0 Å². The molecule has 1 heterocycles. The Morgan fingerprint density at radius 2 is 2.42 bits per heavy atom. The molecule has 2 N–H and O–H groups in total. The van der Waals surface area contributed by atoms with Crippen molar-refractivity contribution in [3.05, 3.63) is 0 Å². The molecule has 0 amide bonds. The Bertz CT molecular complexity index is 160. The van der Waals surface area contributed by atoms with Gasteiger partial charge in [-0.2, -0.15) is 0 Å². The zero-order valence-electron chi connectivity index (χ0n) is 7.63. The third kappa shape index (κ3) is 2.84. The van der Waals surface area contributed by atoms with E-state index in [4.69, 9.17) is 12.2 Å². The van der Waals surface area contributed by atoms with Gasteiger partial charge in [-0.25, -0.2) is 0 Å². The Balaban J connectivity index is 2.07. The van der Waals surface area contributed by atoms with Gasteiger partial charge in [-0.1, -0.05) is 0 Å². The van der Waals surface area contributed by atoms with Gasteiger partial charge in [0.15, 0.2) is 0 Å². The summed E-state index contributed by atoms with van der Waals surface area (Å²) >= 11 is 0. The van der Waals surface area contributed by atoms with E-state index in [-0.39, 0.29) is 0 Å². The molecule has 1 aliphatic heterocycles. The highest BCUT2D eigenvalue weighted by Gasteiger charge is 2.19. The van der Waals surface area contributed by atoms with Gasteiger partial charge in [-0.05, 0) is 38.4 Å². The van der Waals surface area contributed by atoms with E-state index in [2.05, 4.69) is 10.8 Å². The first kappa shape index (κ1) is 9.57. The third-order valence-corrected chi connectivity index (χ3v) is 2.50. The summed E-state index contributed by atoms with van der Waals surface area (Å²) in [5, 5.41) is 0. The van der Waals surface area contributed by atoms with E-state index in [9.17, 15) is 0 Å². The smallest absolute Gasteiger partial charge is 0.00982 e. The van der Waals surface area contributed by atoms with E-state index in [1.54, 1.807) is 0 Å². The molecule has 1 rings (SSSR count). The van der Waals surface area contributed by atoms with Gasteiger partial charge in [0.1, 0.15) is 0 Å². The summed E-state index contributed by atoms with van der Waals surface area (Å²) in [4.78, 5) is 2.47. The van der Waals surface area contributed by atoms with Gasteiger partial charge >= 0.3 is 0 Å². The number of unbranched alkanes of at least 4 members (excludes halogenated alkanes) is 1. The molecule has 0 radical (unpaired) electrons. The molecule has 0 spiro atoms. The van der Waals surface area contributed by atoms with Crippen molar-refractivity contribution in [3.63, 3.8) is 0 Å². The lowest BCUT2D eigenvalue weighted by molar-refractivity contribution is 0.322. The summed E-state index contributed by atoms with van der Waals surface area (Å²) in [5.41, 5.74) is 5.59.